The summed E-state index contributed by atoms with van der Waals surface area (Å²) in [5, 5.41) is 7.18. The number of carbonyl (C=O) groups is 1. The van der Waals surface area contributed by atoms with Gasteiger partial charge in [-0.05, 0) is 19.8 Å². The second-order valence-electron chi connectivity index (χ2n) is 3.97. The van der Waals surface area contributed by atoms with Crippen molar-refractivity contribution in [1.82, 2.24) is 14.8 Å². The molecule has 1 N–H and O–H groups in total. The van der Waals surface area contributed by atoms with Gasteiger partial charge in [-0.2, -0.15) is 0 Å². The number of hydrogen-bond donors (Lipinski definition) is 1. The van der Waals surface area contributed by atoms with Gasteiger partial charge >= 0.3 is 5.69 Å². The molecule has 6 heteroatoms. The third-order valence-electron chi connectivity index (χ3n) is 2.36. The van der Waals surface area contributed by atoms with Crippen molar-refractivity contribution in [2.75, 3.05) is 5.75 Å². The second kappa shape index (κ2) is 7.32. The van der Waals surface area contributed by atoms with E-state index in [1.807, 2.05) is 0 Å². The molecule has 0 spiro atoms. The quantitative estimate of drug-likeness (QED) is 0.570. The van der Waals surface area contributed by atoms with E-state index < -0.39 is 0 Å². The van der Waals surface area contributed by atoms with Crippen LogP contribution in [-0.4, -0.2) is 26.3 Å². The molecule has 0 aliphatic rings. The van der Waals surface area contributed by atoms with Crippen molar-refractivity contribution >= 4 is 17.5 Å². The minimum atomic E-state index is -0.146. The number of ketones is 1. The number of Topliss-reactive ketones (excluding diaryl/α,β-unsaturated/α-hetero) is 1. The van der Waals surface area contributed by atoms with Gasteiger partial charge in [0.05, 0.1) is 0 Å². The smallest absolute Gasteiger partial charge is 0.300 e. The van der Waals surface area contributed by atoms with Gasteiger partial charge < -0.3 is 4.79 Å². The Morgan fingerprint density at radius 3 is 2.88 bits per heavy atom. The zero-order valence-electron chi connectivity index (χ0n) is 10.4. The predicted octanol–water partition coefficient (Wildman–Crippen LogP) is 1.83. The van der Waals surface area contributed by atoms with E-state index in [0.717, 1.165) is 30.2 Å². The number of unbranched alkanes of at least 4 members (excludes halogenated alkanes) is 1. The number of hydrogen-bond acceptors (Lipinski definition) is 4. The van der Waals surface area contributed by atoms with Crippen LogP contribution >= 0.6 is 11.8 Å². The monoisotopic (exact) mass is 257 g/mol. The molecular formula is C11H19N3O2S. The van der Waals surface area contributed by atoms with Crippen molar-refractivity contribution in [2.45, 2.75) is 51.2 Å². The molecule has 96 valence electrons. The maximum absolute atomic E-state index is 11.5. The fourth-order valence-corrected chi connectivity index (χ4v) is 2.32. The highest BCUT2D eigenvalue weighted by molar-refractivity contribution is 7.99. The molecular weight excluding hydrogens is 238 g/mol. The van der Waals surface area contributed by atoms with Gasteiger partial charge in [0.25, 0.3) is 0 Å². The van der Waals surface area contributed by atoms with E-state index in [2.05, 4.69) is 17.1 Å². The molecule has 0 atom stereocenters. The first-order valence-electron chi connectivity index (χ1n) is 5.92. The van der Waals surface area contributed by atoms with Crippen LogP contribution in [0.4, 0.5) is 0 Å². The summed E-state index contributed by atoms with van der Waals surface area (Å²) in [6, 6.07) is 0. The molecule has 17 heavy (non-hydrogen) atoms. The summed E-state index contributed by atoms with van der Waals surface area (Å²) in [5.74, 6) is 1.02. The van der Waals surface area contributed by atoms with E-state index >= 15 is 0 Å². The highest BCUT2D eigenvalue weighted by atomic mass is 32.2. The zero-order valence-corrected chi connectivity index (χ0v) is 11.2. The summed E-state index contributed by atoms with van der Waals surface area (Å²) in [4.78, 5) is 22.2. The van der Waals surface area contributed by atoms with Crippen molar-refractivity contribution < 1.29 is 4.79 Å². The van der Waals surface area contributed by atoms with Gasteiger partial charge in [-0.1, -0.05) is 25.1 Å². The Labute approximate surface area is 105 Å². The molecule has 0 aliphatic heterocycles. The zero-order chi connectivity index (χ0) is 12.7. The largest absolute Gasteiger partial charge is 0.343 e. The Morgan fingerprint density at radius 1 is 1.47 bits per heavy atom. The molecule has 0 amide bonds. The Balaban J connectivity index is 2.47. The number of H-pyrrole nitrogens is 1. The summed E-state index contributed by atoms with van der Waals surface area (Å²) in [6.45, 7) is 4.39. The topological polar surface area (TPSA) is 67.8 Å². The number of nitrogens with one attached hydrogen (secondary N) is 1. The van der Waals surface area contributed by atoms with Crippen LogP contribution in [0.5, 0.6) is 0 Å². The molecule has 1 rings (SSSR count). The van der Waals surface area contributed by atoms with E-state index in [9.17, 15) is 9.59 Å². The highest BCUT2D eigenvalue weighted by Crippen LogP contribution is 2.15. The van der Waals surface area contributed by atoms with Gasteiger partial charge in [0.1, 0.15) is 5.78 Å². The first-order valence-corrected chi connectivity index (χ1v) is 6.91. The van der Waals surface area contributed by atoms with E-state index in [1.165, 1.54) is 11.8 Å². The van der Waals surface area contributed by atoms with Gasteiger partial charge in [0, 0.05) is 18.7 Å². The number of aromatic nitrogens is 3. The minimum absolute atomic E-state index is 0.146. The lowest BCUT2D eigenvalue weighted by atomic mass is 10.3. The van der Waals surface area contributed by atoms with Gasteiger partial charge in [0.15, 0.2) is 5.16 Å². The van der Waals surface area contributed by atoms with Crippen molar-refractivity contribution in [3.05, 3.63) is 10.5 Å². The second-order valence-corrected chi connectivity index (χ2v) is 5.03. The van der Waals surface area contributed by atoms with Crippen LogP contribution in [0, 0.1) is 0 Å². The van der Waals surface area contributed by atoms with Crippen LogP contribution in [0.1, 0.15) is 39.5 Å². The number of thioether (sulfide) groups is 1. The third kappa shape index (κ3) is 4.77. The molecule has 0 unspecified atom stereocenters. The van der Waals surface area contributed by atoms with Crippen LogP contribution in [-0.2, 0) is 11.3 Å². The molecule has 0 saturated carbocycles. The molecule has 0 aromatic carbocycles. The number of nitrogens with zero attached hydrogens (tertiary/aromatic N) is 2. The Bertz CT molecular complexity index is 411. The Morgan fingerprint density at radius 2 is 2.24 bits per heavy atom. The third-order valence-corrected chi connectivity index (χ3v) is 3.43. The summed E-state index contributed by atoms with van der Waals surface area (Å²) in [6.07, 6.45) is 3.44. The first kappa shape index (κ1) is 14.0. The van der Waals surface area contributed by atoms with Crippen LogP contribution in [0.3, 0.4) is 0 Å². The minimum Gasteiger partial charge on any atom is -0.300 e. The molecule has 5 nitrogen and oxygen atoms in total. The maximum Gasteiger partial charge on any atom is 0.343 e. The van der Waals surface area contributed by atoms with Gasteiger partial charge in [-0.3, -0.25) is 4.57 Å². The molecule has 1 heterocycles. The van der Waals surface area contributed by atoms with E-state index in [-0.39, 0.29) is 11.5 Å². The van der Waals surface area contributed by atoms with Gasteiger partial charge in [-0.25, -0.2) is 9.89 Å². The number of rotatable bonds is 8. The summed E-state index contributed by atoms with van der Waals surface area (Å²) >= 11 is 1.53. The van der Waals surface area contributed by atoms with Crippen molar-refractivity contribution in [3.63, 3.8) is 0 Å². The lowest BCUT2D eigenvalue weighted by Crippen LogP contribution is -2.17. The van der Waals surface area contributed by atoms with Crippen LogP contribution < -0.4 is 5.69 Å². The number of carbonyl (C=O) groups excluding carboxylic acids is 1. The molecule has 0 radical (unpaired) electrons. The van der Waals surface area contributed by atoms with Crippen molar-refractivity contribution in [3.8, 4) is 0 Å². The van der Waals surface area contributed by atoms with Crippen LogP contribution in [0.25, 0.3) is 0 Å². The lowest BCUT2D eigenvalue weighted by Gasteiger charge is -2.03. The Hall–Kier alpha value is -1.04. The summed E-state index contributed by atoms with van der Waals surface area (Å²) < 4.78 is 1.67. The lowest BCUT2D eigenvalue weighted by molar-refractivity contribution is -0.117. The van der Waals surface area contributed by atoms with E-state index in [1.54, 1.807) is 11.5 Å². The van der Waals surface area contributed by atoms with Crippen molar-refractivity contribution in [1.29, 1.82) is 0 Å². The SMILES string of the molecule is CCCCn1c(SCCCC(C)=O)n[nH]c1=O. The van der Waals surface area contributed by atoms with Crippen LogP contribution in [0.15, 0.2) is 9.95 Å². The van der Waals surface area contributed by atoms with E-state index in [0.29, 0.717) is 13.0 Å². The van der Waals surface area contributed by atoms with Crippen LogP contribution in [0.2, 0.25) is 0 Å². The fraction of sp³-hybridized carbons (Fsp3) is 0.727. The van der Waals surface area contributed by atoms with Gasteiger partial charge in [-0.15, -0.1) is 5.10 Å². The molecule has 0 bridgehead atoms. The standard InChI is InChI=1S/C11H19N3O2S/c1-3-4-7-14-10(16)12-13-11(14)17-8-5-6-9(2)15/h3-8H2,1-2H3,(H,12,16). The molecule has 0 fully saturated rings. The molecule has 0 aliphatic carbocycles. The molecule has 1 aromatic rings. The predicted molar refractivity (Wildman–Crippen MR) is 68.4 cm³/mol. The first-order chi connectivity index (χ1) is 8.15. The normalized spacial score (nSPS) is 10.7. The molecule has 0 saturated heterocycles. The average molecular weight is 257 g/mol. The number of aromatic amines is 1. The Kier molecular flexibility index (Phi) is 6.04. The highest BCUT2D eigenvalue weighted by Gasteiger charge is 2.07. The fourth-order valence-electron chi connectivity index (χ4n) is 1.41. The maximum atomic E-state index is 11.5. The van der Waals surface area contributed by atoms with E-state index in [4.69, 9.17) is 0 Å². The van der Waals surface area contributed by atoms with Gasteiger partial charge in [0.2, 0.25) is 0 Å². The molecule has 1 aromatic heterocycles. The average Bonchev–Trinajstić information content (AvgIpc) is 2.63. The van der Waals surface area contributed by atoms with Crippen molar-refractivity contribution in [2.24, 2.45) is 0 Å². The summed E-state index contributed by atoms with van der Waals surface area (Å²) in [7, 11) is 0. The summed E-state index contributed by atoms with van der Waals surface area (Å²) in [5.41, 5.74) is -0.146.